The molecule has 3 aromatic rings. The van der Waals surface area contributed by atoms with Gasteiger partial charge in [0, 0.05) is 28.7 Å². The first kappa shape index (κ1) is 20.3. The van der Waals surface area contributed by atoms with Crippen LogP contribution in [-0.2, 0) is 0 Å². The highest BCUT2D eigenvalue weighted by Crippen LogP contribution is 2.25. The molecule has 29 heavy (non-hydrogen) atoms. The summed E-state index contributed by atoms with van der Waals surface area (Å²) in [4.78, 5) is 23.2. The molecule has 1 N–H and O–H groups in total. The summed E-state index contributed by atoms with van der Waals surface area (Å²) in [6, 6.07) is 15.9. The third kappa shape index (κ3) is 4.20. The predicted octanol–water partition coefficient (Wildman–Crippen LogP) is 4.81. The van der Waals surface area contributed by atoms with Crippen molar-refractivity contribution >= 4 is 28.9 Å². The maximum Gasteiger partial charge on any atom is 0.288 e. The lowest BCUT2D eigenvalue weighted by molar-refractivity contribution is -0.384. The standard InChI is InChI=1S/C21H19ClN4O3/c1-13-11-18(15(3)25(13)17-7-5-4-6-8-17)21(27)24-23-14(2)16-9-10-19(22)20(12-16)26(28)29/h4-12H,1-3H3,(H,24,27)/b23-14-. The van der Waals surface area contributed by atoms with Gasteiger partial charge in [-0.25, -0.2) is 5.43 Å². The summed E-state index contributed by atoms with van der Waals surface area (Å²) in [6.45, 7) is 5.45. The monoisotopic (exact) mass is 410 g/mol. The zero-order valence-corrected chi connectivity index (χ0v) is 16.9. The number of amides is 1. The second-order valence-electron chi connectivity index (χ2n) is 6.52. The molecule has 0 atom stereocenters. The van der Waals surface area contributed by atoms with Gasteiger partial charge in [0.05, 0.1) is 16.2 Å². The molecule has 7 nitrogen and oxygen atoms in total. The van der Waals surface area contributed by atoms with Gasteiger partial charge in [0.1, 0.15) is 5.02 Å². The van der Waals surface area contributed by atoms with E-state index in [-0.39, 0.29) is 16.6 Å². The number of nitrogens with one attached hydrogen (secondary N) is 1. The largest absolute Gasteiger partial charge is 0.318 e. The molecule has 1 amide bonds. The number of aryl methyl sites for hydroxylation is 1. The third-order valence-corrected chi connectivity index (χ3v) is 4.90. The average Bonchev–Trinajstić information content (AvgIpc) is 3.00. The quantitative estimate of drug-likeness (QED) is 0.372. The molecular formula is C21H19ClN4O3. The Bertz CT molecular complexity index is 1120. The number of nitrogens with zero attached hydrogens (tertiary/aromatic N) is 3. The lowest BCUT2D eigenvalue weighted by Gasteiger charge is -2.09. The van der Waals surface area contributed by atoms with Gasteiger partial charge in [0.15, 0.2) is 0 Å². The van der Waals surface area contributed by atoms with E-state index in [1.54, 1.807) is 19.1 Å². The molecule has 0 aliphatic heterocycles. The van der Waals surface area contributed by atoms with Crippen LogP contribution in [0, 0.1) is 24.0 Å². The summed E-state index contributed by atoms with van der Waals surface area (Å²) < 4.78 is 1.99. The summed E-state index contributed by atoms with van der Waals surface area (Å²) in [5.41, 5.74) is 6.43. The molecule has 1 heterocycles. The highest BCUT2D eigenvalue weighted by molar-refractivity contribution is 6.32. The number of carbonyl (C=O) groups is 1. The number of hydrogen-bond acceptors (Lipinski definition) is 4. The fourth-order valence-corrected chi connectivity index (χ4v) is 3.29. The van der Waals surface area contributed by atoms with Crippen LogP contribution in [0.15, 0.2) is 59.7 Å². The van der Waals surface area contributed by atoms with Crippen LogP contribution in [0.1, 0.15) is 34.2 Å². The maximum absolute atomic E-state index is 12.7. The van der Waals surface area contributed by atoms with E-state index in [2.05, 4.69) is 10.5 Å². The van der Waals surface area contributed by atoms with E-state index in [1.165, 1.54) is 12.1 Å². The Labute approximate surface area is 172 Å². The highest BCUT2D eigenvalue weighted by Gasteiger charge is 2.17. The van der Waals surface area contributed by atoms with E-state index in [0.717, 1.165) is 17.1 Å². The molecular weight excluding hydrogens is 392 g/mol. The molecule has 0 aliphatic carbocycles. The van der Waals surface area contributed by atoms with Crippen molar-refractivity contribution < 1.29 is 9.72 Å². The zero-order valence-electron chi connectivity index (χ0n) is 16.1. The summed E-state index contributed by atoms with van der Waals surface area (Å²) in [5.74, 6) is -0.358. The maximum atomic E-state index is 12.7. The fraction of sp³-hybridized carbons (Fsp3) is 0.143. The van der Waals surface area contributed by atoms with Crippen LogP contribution in [0.4, 0.5) is 5.69 Å². The Balaban J connectivity index is 1.84. The first-order valence-electron chi connectivity index (χ1n) is 8.83. The number of carbonyl (C=O) groups excluding carboxylic acids is 1. The Kier molecular flexibility index (Phi) is 5.79. The third-order valence-electron chi connectivity index (χ3n) is 4.58. The van der Waals surface area contributed by atoms with Crippen LogP contribution in [0.2, 0.25) is 5.02 Å². The topological polar surface area (TPSA) is 89.5 Å². The van der Waals surface area contributed by atoms with Crippen LogP contribution in [0.25, 0.3) is 5.69 Å². The Morgan fingerprint density at radius 3 is 2.48 bits per heavy atom. The number of rotatable bonds is 5. The number of nitro benzene ring substituents is 1. The van der Waals surface area contributed by atoms with Crippen LogP contribution in [-0.4, -0.2) is 21.1 Å². The molecule has 0 saturated heterocycles. The lowest BCUT2D eigenvalue weighted by atomic mass is 10.1. The van der Waals surface area contributed by atoms with E-state index in [4.69, 9.17) is 11.6 Å². The number of benzene rings is 2. The summed E-state index contributed by atoms with van der Waals surface area (Å²) in [6.07, 6.45) is 0. The molecule has 2 aromatic carbocycles. The fourth-order valence-electron chi connectivity index (χ4n) is 3.10. The molecule has 148 valence electrons. The number of para-hydroxylation sites is 1. The normalized spacial score (nSPS) is 11.4. The van der Waals surface area contributed by atoms with E-state index in [9.17, 15) is 14.9 Å². The number of nitro groups is 1. The average molecular weight is 411 g/mol. The molecule has 1 aromatic heterocycles. The minimum atomic E-state index is -0.559. The molecule has 8 heteroatoms. The number of hydrazone groups is 1. The van der Waals surface area contributed by atoms with Gasteiger partial charge < -0.3 is 4.57 Å². The van der Waals surface area contributed by atoms with Crippen LogP contribution in [0.3, 0.4) is 0 Å². The summed E-state index contributed by atoms with van der Waals surface area (Å²) >= 11 is 5.83. The molecule has 3 rings (SSSR count). The highest BCUT2D eigenvalue weighted by atomic mass is 35.5. The van der Waals surface area contributed by atoms with Crippen molar-refractivity contribution in [1.29, 1.82) is 0 Å². The molecule has 0 fully saturated rings. The molecule has 0 saturated carbocycles. The Hall–Kier alpha value is -3.45. The zero-order chi connectivity index (χ0) is 21.1. The number of hydrogen-bond donors (Lipinski definition) is 1. The predicted molar refractivity (Wildman–Crippen MR) is 113 cm³/mol. The van der Waals surface area contributed by atoms with Crippen LogP contribution >= 0.6 is 11.6 Å². The molecule has 0 spiro atoms. The van der Waals surface area contributed by atoms with Gasteiger partial charge in [-0.15, -0.1) is 0 Å². The van der Waals surface area contributed by atoms with Gasteiger partial charge >= 0.3 is 0 Å². The van der Waals surface area contributed by atoms with Gasteiger partial charge in [-0.3, -0.25) is 14.9 Å². The first-order chi connectivity index (χ1) is 13.8. The lowest BCUT2D eigenvalue weighted by Crippen LogP contribution is -2.20. The molecule has 0 aliphatic rings. The van der Waals surface area contributed by atoms with Crippen molar-refractivity contribution in [2.45, 2.75) is 20.8 Å². The minimum absolute atomic E-state index is 0.0453. The first-order valence-corrected chi connectivity index (χ1v) is 9.20. The SMILES string of the molecule is C/C(=N/NC(=O)c1cc(C)n(-c2ccccc2)c1C)c1ccc(Cl)c([N+](=O)[O-])c1. The van der Waals surface area contributed by atoms with Gasteiger partial charge in [0.25, 0.3) is 11.6 Å². The van der Waals surface area contributed by atoms with Crippen LogP contribution < -0.4 is 5.43 Å². The van der Waals surface area contributed by atoms with Gasteiger partial charge in [-0.05, 0) is 45.0 Å². The van der Waals surface area contributed by atoms with Gasteiger partial charge in [-0.1, -0.05) is 35.9 Å². The minimum Gasteiger partial charge on any atom is -0.318 e. The molecule has 0 unspecified atom stereocenters. The van der Waals surface area contributed by atoms with E-state index in [0.29, 0.717) is 16.8 Å². The smallest absolute Gasteiger partial charge is 0.288 e. The van der Waals surface area contributed by atoms with E-state index < -0.39 is 4.92 Å². The molecule has 0 radical (unpaired) electrons. The number of halogens is 1. The number of aromatic nitrogens is 1. The Morgan fingerprint density at radius 2 is 1.83 bits per heavy atom. The Morgan fingerprint density at radius 1 is 1.14 bits per heavy atom. The van der Waals surface area contributed by atoms with Crippen LogP contribution in [0.5, 0.6) is 0 Å². The van der Waals surface area contributed by atoms with Crippen molar-refractivity contribution in [2.75, 3.05) is 0 Å². The molecule has 0 bridgehead atoms. The van der Waals surface area contributed by atoms with Gasteiger partial charge in [0.2, 0.25) is 0 Å². The summed E-state index contributed by atoms with van der Waals surface area (Å²) in [7, 11) is 0. The van der Waals surface area contributed by atoms with Crippen molar-refractivity contribution in [1.82, 2.24) is 9.99 Å². The van der Waals surface area contributed by atoms with Gasteiger partial charge in [-0.2, -0.15) is 5.10 Å². The van der Waals surface area contributed by atoms with E-state index in [1.807, 2.05) is 48.7 Å². The second-order valence-corrected chi connectivity index (χ2v) is 6.92. The van der Waals surface area contributed by atoms with E-state index >= 15 is 0 Å². The van der Waals surface area contributed by atoms with Crippen molar-refractivity contribution in [3.8, 4) is 5.69 Å². The van der Waals surface area contributed by atoms with Crippen molar-refractivity contribution in [3.05, 3.63) is 92.2 Å². The van der Waals surface area contributed by atoms with Crippen molar-refractivity contribution in [2.24, 2.45) is 5.10 Å². The second kappa shape index (κ2) is 8.28. The van der Waals surface area contributed by atoms with Crippen molar-refractivity contribution in [3.63, 3.8) is 0 Å². The summed E-state index contributed by atoms with van der Waals surface area (Å²) in [5, 5.41) is 15.2.